The fraction of sp³-hybridized carbons (Fsp3) is 0.538. The van der Waals surface area contributed by atoms with Gasteiger partial charge in [0, 0.05) is 6.04 Å². The molecule has 0 spiro atoms. The molecule has 1 aliphatic rings. The van der Waals surface area contributed by atoms with Crippen molar-refractivity contribution >= 4 is 0 Å². The number of benzene rings is 1. The highest BCUT2D eigenvalue weighted by atomic mass is 16.5. The number of nitrogens with one attached hydrogen (secondary N) is 1. The van der Waals surface area contributed by atoms with E-state index >= 15 is 0 Å². The van der Waals surface area contributed by atoms with Crippen molar-refractivity contribution in [3.05, 3.63) is 29.8 Å². The molecule has 0 bridgehead atoms. The van der Waals surface area contributed by atoms with Crippen molar-refractivity contribution in [2.75, 3.05) is 13.2 Å². The van der Waals surface area contributed by atoms with Gasteiger partial charge in [0.1, 0.15) is 5.75 Å². The molecule has 1 N–H and O–H groups in total. The zero-order chi connectivity index (χ0) is 10.7. The molecule has 1 fully saturated rings. The standard InChI is InChI=1S/C13H19NO/c1-3-15-12-6-4-11(5-7-12)13-10(2)8-9-14-13/h4-7,10,13-14H,3,8-9H2,1-2H3/t10-,13-/m0/s1. The van der Waals surface area contributed by atoms with Gasteiger partial charge in [-0.1, -0.05) is 19.1 Å². The van der Waals surface area contributed by atoms with Crippen LogP contribution in [0.4, 0.5) is 0 Å². The molecule has 0 radical (unpaired) electrons. The monoisotopic (exact) mass is 205 g/mol. The van der Waals surface area contributed by atoms with Crippen molar-refractivity contribution in [3.8, 4) is 5.75 Å². The lowest BCUT2D eigenvalue weighted by Crippen LogP contribution is -2.16. The maximum atomic E-state index is 5.43. The molecule has 1 aliphatic heterocycles. The van der Waals surface area contributed by atoms with E-state index in [9.17, 15) is 0 Å². The van der Waals surface area contributed by atoms with Crippen molar-refractivity contribution < 1.29 is 4.74 Å². The van der Waals surface area contributed by atoms with Gasteiger partial charge in [-0.25, -0.2) is 0 Å². The van der Waals surface area contributed by atoms with Crippen LogP contribution in [0, 0.1) is 5.92 Å². The number of hydrogen-bond donors (Lipinski definition) is 1. The predicted molar refractivity (Wildman–Crippen MR) is 62.1 cm³/mol. The van der Waals surface area contributed by atoms with Crippen LogP contribution in [0.1, 0.15) is 31.9 Å². The SMILES string of the molecule is CCOc1ccc([C@H]2NCC[C@@H]2C)cc1. The van der Waals surface area contributed by atoms with Crippen LogP contribution in [0.25, 0.3) is 0 Å². The van der Waals surface area contributed by atoms with Crippen LogP contribution in [0.3, 0.4) is 0 Å². The summed E-state index contributed by atoms with van der Waals surface area (Å²) < 4.78 is 5.43. The third-order valence-electron chi connectivity index (χ3n) is 3.08. The smallest absolute Gasteiger partial charge is 0.119 e. The topological polar surface area (TPSA) is 21.3 Å². The quantitative estimate of drug-likeness (QED) is 0.819. The Bertz CT molecular complexity index is 307. The molecular weight excluding hydrogens is 186 g/mol. The minimum absolute atomic E-state index is 0.528. The lowest BCUT2D eigenvalue weighted by atomic mass is 9.96. The second-order valence-electron chi connectivity index (χ2n) is 4.20. The van der Waals surface area contributed by atoms with Crippen LogP contribution < -0.4 is 10.1 Å². The van der Waals surface area contributed by atoms with Crippen LogP contribution in [0.5, 0.6) is 5.75 Å². The molecule has 1 heterocycles. The van der Waals surface area contributed by atoms with E-state index < -0.39 is 0 Å². The molecule has 0 saturated carbocycles. The summed E-state index contributed by atoms with van der Waals surface area (Å²) in [5, 5.41) is 3.53. The molecule has 1 aromatic rings. The van der Waals surface area contributed by atoms with Crippen LogP contribution in [0.2, 0.25) is 0 Å². The maximum absolute atomic E-state index is 5.43. The predicted octanol–water partition coefficient (Wildman–Crippen LogP) is 2.76. The summed E-state index contributed by atoms with van der Waals surface area (Å²) in [6.45, 7) is 6.19. The van der Waals surface area contributed by atoms with Gasteiger partial charge < -0.3 is 10.1 Å². The third kappa shape index (κ3) is 2.32. The Kier molecular flexibility index (Phi) is 3.27. The highest BCUT2D eigenvalue weighted by Gasteiger charge is 2.23. The molecule has 2 atom stereocenters. The Morgan fingerprint density at radius 1 is 1.33 bits per heavy atom. The summed E-state index contributed by atoms with van der Waals surface area (Å²) in [5.74, 6) is 1.70. The molecule has 0 aromatic heterocycles. The molecule has 0 aliphatic carbocycles. The van der Waals surface area contributed by atoms with E-state index in [0.717, 1.165) is 24.8 Å². The third-order valence-corrected chi connectivity index (χ3v) is 3.08. The first-order valence-electron chi connectivity index (χ1n) is 5.77. The average Bonchev–Trinajstić information content (AvgIpc) is 2.66. The van der Waals surface area contributed by atoms with Crippen LogP contribution >= 0.6 is 0 Å². The molecule has 82 valence electrons. The summed E-state index contributed by atoms with van der Waals surface area (Å²) >= 11 is 0. The normalized spacial score (nSPS) is 25.5. The van der Waals surface area contributed by atoms with Crippen molar-refractivity contribution in [1.29, 1.82) is 0 Å². The van der Waals surface area contributed by atoms with Crippen molar-refractivity contribution in [1.82, 2.24) is 5.32 Å². The van der Waals surface area contributed by atoms with Gasteiger partial charge in [-0.05, 0) is 43.5 Å². The summed E-state index contributed by atoms with van der Waals surface area (Å²) in [4.78, 5) is 0. The van der Waals surface area contributed by atoms with Crippen molar-refractivity contribution in [3.63, 3.8) is 0 Å². The fourth-order valence-corrected chi connectivity index (χ4v) is 2.22. The van der Waals surface area contributed by atoms with E-state index in [2.05, 4.69) is 36.5 Å². The highest BCUT2D eigenvalue weighted by molar-refractivity contribution is 5.29. The molecule has 2 nitrogen and oxygen atoms in total. The van der Waals surface area contributed by atoms with Crippen LogP contribution in [-0.2, 0) is 0 Å². The number of rotatable bonds is 3. The van der Waals surface area contributed by atoms with E-state index in [1.54, 1.807) is 0 Å². The second kappa shape index (κ2) is 4.67. The van der Waals surface area contributed by atoms with Crippen LogP contribution in [0.15, 0.2) is 24.3 Å². The second-order valence-corrected chi connectivity index (χ2v) is 4.20. The average molecular weight is 205 g/mol. The van der Waals surface area contributed by atoms with Gasteiger partial charge in [0.05, 0.1) is 6.61 Å². The maximum Gasteiger partial charge on any atom is 0.119 e. The Morgan fingerprint density at radius 3 is 2.60 bits per heavy atom. The summed E-state index contributed by atoms with van der Waals surface area (Å²) in [6.07, 6.45) is 1.28. The molecule has 2 rings (SSSR count). The Balaban J connectivity index is 2.09. The highest BCUT2D eigenvalue weighted by Crippen LogP contribution is 2.29. The minimum Gasteiger partial charge on any atom is -0.494 e. The lowest BCUT2D eigenvalue weighted by molar-refractivity contribution is 0.340. The van der Waals surface area contributed by atoms with Gasteiger partial charge in [-0.2, -0.15) is 0 Å². The first kappa shape index (κ1) is 10.5. The molecular formula is C13H19NO. The molecule has 1 aromatic carbocycles. The first-order valence-corrected chi connectivity index (χ1v) is 5.77. The molecule has 0 unspecified atom stereocenters. The molecule has 1 saturated heterocycles. The zero-order valence-corrected chi connectivity index (χ0v) is 9.49. The van der Waals surface area contributed by atoms with Gasteiger partial charge in [-0.3, -0.25) is 0 Å². The molecule has 0 amide bonds. The minimum atomic E-state index is 0.528. The fourth-order valence-electron chi connectivity index (χ4n) is 2.22. The van der Waals surface area contributed by atoms with E-state index in [1.165, 1.54) is 12.0 Å². The van der Waals surface area contributed by atoms with E-state index in [1.807, 2.05) is 6.92 Å². The van der Waals surface area contributed by atoms with Gasteiger partial charge >= 0.3 is 0 Å². The van der Waals surface area contributed by atoms with Crippen molar-refractivity contribution in [2.24, 2.45) is 5.92 Å². The van der Waals surface area contributed by atoms with Gasteiger partial charge in [0.15, 0.2) is 0 Å². The summed E-state index contributed by atoms with van der Waals surface area (Å²) in [5.41, 5.74) is 1.38. The largest absolute Gasteiger partial charge is 0.494 e. The van der Waals surface area contributed by atoms with E-state index in [4.69, 9.17) is 4.74 Å². The zero-order valence-electron chi connectivity index (χ0n) is 9.49. The van der Waals surface area contributed by atoms with E-state index in [0.29, 0.717) is 6.04 Å². The van der Waals surface area contributed by atoms with Gasteiger partial charge in [0.2, 0.25) is 0 Å². The van der Waals surface area contributed by atoms with Crippen LogP contribution in [-0.4, -0.2) is 13.2 Å². The Labute approximate surface area is 91.6 Å². The Hall–Kier alpha value is -1.02. The number of ether oxygens (including phenoxy) is 1. The van der Waals surface area contributed by atoms with Gasteiger partial charge in [0.25, 0.3) is 0 Å². The number of hydrogen-bond acceptors (Lipinski definition) is 2. The first-order chi connectivity index (χ1) is 7.31. The van der Waals surface area contributed by atoms with Crippen molar-refractivity contribution in [2.45, 2.75) is 26.3 Å². The molecule has 15 heavy (non-hydrogen) atoms. The Morgan fingerprint density at radius 2 is 2.07 bits per heavy atom. The lowest BCUT2D eigenvalue weighted by Gasteiger charge is -2.16. The van der Waals surface area contributed by atoms with Gasteiger partial charge in [-0.15, -0.1) is 0 Å². The molecule has 2 heteroatoms. The summed E-state index contributed by atoms with van der Waals surface area (Å²) in [7, 11) is 0. The summed E-state index contributed by atoms with van der Waals surface area (Å²) in [6, 6.07) is 8.99. The van der Waals surface area contributed by atoms with E-state index in [-0.39, 0.29) is 0 Å².